The third-order valence-electron chi connectivity index (χ3n) is 3.48. The van der Waals surface area contributed by atoms with Crippen molar-refractivity contribution in [1.82, 2.24) is 14.7 Å². The molecule has 0 radical (unpaired) electrons. The molecule has 3 rings (SSSR count). The second-order valence-electron chi connectivity index (χ2n) is 5.05. The number of nitrogens with one attached hydrogen (secondary N) is 1. The maximum Gasteiger partial charge on any atom is 0.143 e. The fourth-order valence-corrected chi connectivity index (χ4v) is 3.13. The van der Waals surface area contributed by atoms with Crippen LogP contribution in [0.15, 0.2) is 35.5 Å². The number of rotatable bonds is 4. The van der Waals surface area contributed by atoms with Gasteiger partial charge in [-0.3, -0.25) is 9.71 Å². The van der Waals surface area contributed by atoms with Gasteiger partial charge in [0.2, 0.25) is 0 Å². The molecule has 1 N–H and O–H groups in total. The van der Waals surface area contributed by atoms with E-state index in [-0.39, 0.29) is 0 Å². The highest BCUT2D eigenvalue weighted by Crippen LogP contribution is 2.31. The van der Waals surface area contributed by atoms with Crippen LogP contribution in [0, 0.1) is 6.92 Å². The van der Waals surface area contributed by atoms with E-state index in [4.69, 9.17) is 11.6 Å². The monoisotopic (exact) mass is 305 g/mol. The van der Waals surface area contributed by atoms with Crippen LogP contribution in [-0.2, 0) is 0 Å². The molecule has 3 nitrogen and oxygen atoms in total. The zero-order valence-corrected chi connectivity index (χ0v) is 12.8. The van der Waals surface area contributed by atoms with E-state index in [1.807, 2.05) is 25.4 Å². The molecule has 2 aromatic rings. The summed E-state index contributed by atoms with van der Waals surface area (Å²) in [5.74, 6) is 0. The summed E-state index contributed by atoms with van der Waals surface area (Å²) in [7, 11) is 0. The van der Waals surface area contributed by atoms with Gasteiger partial charge >= 0.3 is 0 Å². The number of nitrogens with zero attached hydrogens (tertiary/aromatic N) is 2. The quantitative estimate of drug-likeness (QED) is 0.677. The number of halogens is 1. The summed E-state index contributed by atoms with van der Waals surface area (Å²) in [4.78, 5) is 9.49. The highest BCUT2D eigenvalue weighted by Gasteiger charge is 2.17. The van der Waals surface area contributed by atoms with Gasteiger partial charge in [0, 0.05) is 29.7 Å². The maximum absolute atomic E-state index is 6.18. The van der Waals surface area contributed by atoms with Crippen LogP contribution in [0.3, 0.4) is 0 Å². The molecule has 0 aromatic carbocycles. The Balaban J connectivity index is 1.81. The molecule has 0 aliphatic heterocycles. The Morgan fingerprint density at radius 1 is 1.25 bits per heavy atom. The van der Waals surface area contributed by atoms with E-state index in [2.05, 4.69) is 26.8 Å². The van der Waals surface area contributed by atoms with Crippen LogP contribution in [0.25, 0.3) is 11.1 Å². The van der Waals surface area contributed by atoms with Crippen LogP contribution in [0.4, 0.5) is 0 Å². The van der Waals surface area contributed by atoms with Gasteiger partial charge in [-0.15, -0.1) is 0 Å². The summed E-state index contributed by atoms with van der Waals surface area (Å²) in [5.41, 5.74) is 3.18. The summed E-state index contributed by atoms with van der Waals surface area (Å²) in [6.07, 6.45) is 7.45. The first-order chi connectivity index (χ1) is 9.72. The molecule has 20 heavy (non-hydrogen) atoms. The lowest BCUT2D eigenvalue weighted by Gasteiger charge is -2.25. The Morgan fingerprint density at radius 3 is 2.80 bits per heavy atom. The SMILES string of the molecule is Cc1cc(-c2cnc(Cl)c(SNC3CCC3)c2)ccn1. The van der Waals surface area contributed by atoms with Crippen molar-refractivity contribution >= 4 is 23.5 Å². The molecule has 2 aromatic heterocycles. The van der Waals surface area contributed by atoms with Crippen molar-refractivity contribution in [2.45, 2.75) is 37.1 Å². The van der Waals surface area contributed by atoms with E-state index in [0.717, 1.165) is 21.7 Å². The van der Waals surface area contributed by atoms with Crippen LogP contribution >= 0.6 is 23.5 Å². The Labute approximate surface area is 128 Å². The molecule has 0 spiro atoms. The van der Waals surface area contributed by atoms with Crippen molar-refractivity contribution in [3.05, 3.63) is 41.4 Å². The minimum atomic E-state index is 0.552. The third-order valence-corrected chi connectivity index (χ3v) is 4.87. The Morgan fingerprint density at radius 2 is 2.10 bits per heavy atom. The van der Waals surface area contributed by atoms with Crippen LogP contribution in [-0.4, -0.2) is 16.0 Å². The summed E-state index contributed by atoms with van der Waals surface area (Å²) >= 11 is 7.76. The maximum atomic E-state index is 6.18. The lowest BCUT2D eigenvalue weighted by molar-refractivity contribution is 0.395. The van der Waals surface area contributed by atoms with Gasteiger partial charge in [-0.05, 0) is 55.5 Å². The lowest BCUT2D eigenvalue weighted by Crippen LogP contribution is -2.30. The first-order valence-electron chi connectivity index (χ1n) is 6.73. The smallest absolute Gasteiger partial charge is 0.143 e. The molecule has 104 valence electrons. The van der Waals surface area contributed by atoms with Gasteiger partial charge < -0.3 is 0 Å². The van der Waals surface area contributed by atoms with Gasteiger partial charge in [-0.1, -0.05) is 18.0 Å². The highest BCUT2D eigenvalue weighted by atomic mass is 35.5. The summed E-state index contributed by atoms with van der Waals surface area (Å²) < 4.78 is 3.45. The summed E-state index contributed by atoms with van der Waals surface area (Å²) in [6, 6.07) is 6.74. The molecular weight excluding hydrogens is 290 g/mol. The second kappa shape index (κ2) is 6.12. The molecule has 2 heterocycles. The Bertz CT molecular complexity index is 614. The molecule has 0 bridgehead atoms. The lowest BCUT2D eigenvalue weighted by atomic mass is 9.94. The minimum absolute atomic E-state index is 0.552. The predicted molar refractivity (Wildman–Crippen MR) is 83.8 cm³/mol. The molecule has 0 unspecified atom stereocenters. The molecule has 1 saturated carbocycles. The van der Waals surface area contributed by atoms with Crippen molar-refractivity contribution in [3.8, 4) is 11.1 Å². The van der Waals surface area contributed by atoms with Gasteiger partial charge in [-0.2, -0.15) is 0 Å². The largest absolute Gasteiger partial charge is 0.262 e. The molecular formula is C15H16ClN3S. The molecule has 1 aliphatic rings. The van der Waals surface area contributed by atoms with Crippen molar-refractivity contribution in [2.24, 2.45) is 0 Å². The number of hydrogen-bond acceptors (Lipinski definition) is 4. The Kier molecular flexibility index (Phi) is 4.24. The second-order valence-corrected chi connectivity index (χ2v) is 6.28. The number of aryl methyl sites for hydroxylation is 1. The Hall–Kier alpha value is -1.10. The summed E-state index contributed by atoms with van der Waals surface area (Å²) in [6.45, 7) is 1.99. The molecule has 0 amide bonds. The topological polar surface area (TPSA) is 37.8 Å². The first kappa shape index (κ1) is 13.9. The van der Waals surface area contributed by atoms with Crippen molar-refractivity contribution in [3.63, 3.8) is 0 Å². The molecule has 1 fully saturated rings. The number of pyridine rings is 2. The normalized spacial score (nSPS) is 15.1. The van der Waals surface area contributed by atoms with E-state index in [0.29, 0.717) is 11.2 Å². The summed E-state index contributed by atoms with van der Waals surface area (Å²) in [5, 5.41) is 0.552. The average molecular weight is 306 g/mol. The first-order valence-corrected chi connectivity index (χ1v) is 7.93. The van der Waals surface area contributed by atoms with Gasteiger partial charge in [0.15, 0.2) is 0 Å². The standard InChI is InChI=1S/C15H16ClN3S/c1-10-7-11(5-6-17-10)12-8-14(15(16)18-9-12)20-19-13-3-2-4-13/h5-9,13,19H,2-4H2,1H3. The van der Waals surface area contributed by atoms with E-state index >= 15 is 0 Å². The van der Waals surface area contributed by atoms with E-state index in [1.54, 1.807) is 11.9 Å². The van der Waals surface area contributed by atoms with Crippen LogP contribution < -0.4 is 4.72 Å². The van der Waals surface area contributed by atoms with Crippen molar-refractivity contribution in [1.29, 1.82) is 0 Å². The molecule has 0 atom stereocenters. The van der Waals surface area contributed by atoms with Crippen LogP contribution in [0.5, 0.6) is 0 Å². The number of hydrogen-bond donors (Lipinski definition) is 1. The zero-order valence-electron chi connectivity index (χ0n) is 11.3. The van der Waals surface area contributed by atoms with Gasteiger partial charge in [0.1, 0.15) is 5.15 Å². The fraction of sp³-hybridized carbons (Fsp3) is 0.333. The molecule has 5 heteroatoms. The zero-order chi connectivity index (χ0) is 13.9. The fourth-order valence-electron chi connectivity index (χ4n) is 2.06. The average Bonchev–Trinajstić information content (AvgIpc) is 2.39. The van der Waals surface area contributed by atoms with Crippen molar-refractivity contribution < 1.29 is 0 Å². The van der Waals surface area contributed by atoms with Crippen LogP contribution in [0.1, 0.15) is 25.0 Å². The van der Waals surface area contributed by atoms with Crippen LogP contribution in [0.2, 0.25) is 5.15 Å². The number of aromatic nitrogens is 2. The van der Waals surface area contributed by atoms with Gasteiger partial charge in [0.05, 0.1) is 4.90 Å². The molecule has 0 saturated heterocycles. The highest BCUT2D eigenvalue weighted by molar-refractivity contribution is 7.97. The van der Waals surface area contributed by atoms with Gasteiger partial charge in [-0.25, -0.2) is 4.98 Å². The van der Waals surface area contributed by atoms with Gasteiger partial charge in [0.25, 0.3) is 0 Å². The van der Waals surface area contributed by atoms with Crippen molar-refractivity contribution in [2.75, 3.05) is 0 Å². The van der Waals surface area contributed by atoms with E-state index in [1.165, 1.54) is 19.3 Å². The predicted octanol–water partition coefficient (Wildman–Crippen LogP) is 4.25. The third kappa shape index (κ3) is 3.14. The van der Waals surface area contributed by atoms with E-state index < -0.39 is 0 Å². The minimum Gasteiger partial charge on any atom is -0.262 e. The molecule has 1 aliphatic carbocycles. The van der Waals surface area contributed by atoms with E-state index in [9.17, 15) is 0 Å².